The first kappa shape index (κ1) is 24.1. The molecule has 0 aliphatic heterocycles. The van der Waals surface area contributed by atoms with Crippen molar-refractivity contribution in [1.82, 2.24) is 0 Å². The SMILES string of the molecule is CCCCCCCCCCCCC(C)(O)CS(=O)(=O)[O-].[Na+]. The second kappa shape index (κ2) is 13.3. The van der Waals surface area contributed by atoms with Crippen molar-refractivity contribution < 1.29 is 47.6 Å². The van der Waals surface area contributed by atoms with Crippen LogP contribution < -0.4 is 29.6 Å². The van der Waals surface area contributed by atoms with Crippen LogP contribution in [-0.4, -0.2) is 29.4 Å². The Hall–Kier alpha value is 0.870. The number of hydrogen-bond donors (Lipinski definition) is 1. The zero-order valence-electron chi connectivity index (χ0n) is 14.1. The van der Waals surface area contributed by atoms with Gasteiger partial charge in [0.15, 0.2) is 0 Å². The van der Waals surface area contributed by atoms with Gasteiger partial charge in [-0.25, -0.2) is 8.42 Å². The van der Waals surface area contributed by atoms with Crippen molar-refractivity contribution in [2.75, 3.05) is 5.75 Å². The van der Waals surface area contributed by atoms with Crippen LogP contribution in [0.4, 0.5) is 0 Å². The van der Waals surface area contributed by atoms with E-state index in [1.165, 1.54) is 51.9 Å². The Bertz CT molecular complexity index is 329. The summed E-state index contributed by atoms with van der Waals surface area (Å²) in [5, 5.41) is 9.79. The Kier molecular flexibility index (Phi) is 15.3. The van der Waals surface area contributed by atoms with E-state index in [2.05, 4.69) is 6.92 Å². The fraction of sp³-hybridized carbons (Fsp3) is 1.00. The Morgan fingerprint density at radius 1 is 0.905 bits per heavy atom. The number of unbranched alkanes of at least 4 members (excludes halogenated alkanes) is 9. The minimum atomic E-state index is -4.34. The first-order valence-electron chi connectivity index (χ1n) is 7.93. The average Bonchev–Trinajstić information content (AvgIpc) is 2.28. The van der Waals surface area contributed by atoms with E-state index >= 15 is 0 Å². The monoisotopic (exact) mass is 330 g/mol. The molecule has 0 aromatic carbocycles. The maximum absolute atomic E-state index is 10.6. The fourth-order valence-electron chi connectivity index (χ4n) is 2.45. The van der Waals surface area contributed by atoms with Crippen molar-refractivity contribution in [3.05, 3.63) is 0 Å². The molecule has 0 saturated carbocycles. The molecule has 1 atom stereocenters. The van der Waals surface area contributed by atoms with Crippen LogP contribution in [0.5, 0.6) is 0 Å². The summed E-state index contributed by atoms with van der Waals surface area (Å²) in [4.78, 5) is 0. The standard InChI is InChI=1S/C15H32O4S.Na/c1-3-4-5-6-7-8-9-10-11-12-13-15(2,16)14-20(17,18)19;/h16H,3-14H2,1-2H3,(H,17,18,19);/q;+1/p-1. The van der Waals surface area contributed by atoms with Crippen LogP contribution >= 0.6 is 0 Å². The van der Waals surface area contributed by atoms with Gasteiger partial charge >= 0.3 is 29.6 Å². The van der Waals surface area contributed by atoms with Crippen molar-refractivity contribution in [3.8, 4) is 0 Å². The van der Waals surface area contributed by atoms with Crippen molar-refractivity contribution in [2.45, 2.75) is 90.1 Å². The van der Waals surface area contributed by atoms with Gasteiger partial charge in [0.2, 0.25) is 0 Å². The molecule has 0 aromatic heterocycles. The van der Waals surface area contributed by atoms with Crippen molar-refractivity contribution in [1.29, 1.82) is 0 Å². The van der Waals surface area contributed by atoms with Crippen LogP contribution in [0.3, 0.4) is 0 Å². The molecule has 0 rings (SSSR count). The zero-order chi connectivity index (χ0) is 15.5. The molecule has 1 N–H and O–H groups in total. The second-order valence-electron chi connectivity index (χ2n) is 6.13. The number of aliphatic hydroxyl groups is 1. The van der Waals surface area contributed by atoms with Gasteiger partial charge in [-0.2, -0.15) is 0 Å². The molecule has 122 valence electrons. The van der Waals surface area contributed by atoms with Gasteiger partial charge in [-0.05, 0) is 13.3 Å². The largest absolute Gasteiger partial charge is 1.00 e. The van der Waals surface area contributed by atoms with Crippen LogP contribution in [0.1, 0.15) is 84.5 Å². The Balaban J connectivity index is 0. The summed E-state index contributed by atoms with van der Waals surface area (Å²) >= 11 is 0. The fourth-order valence-corrected chi connectivity index (χ4v) is 3.35. The predicted molar refractivity (Wildman–Crippen MR) is 81.6 cm³/mol. The molecule has 0 saturated heterocycles. The van der Waals surface area contributed by atoms with Crippen molar-refractivity contribution in [3.63, 3.8) is 0 Å². The van der Waals surface area contributed by atoms with Gasteiger partial charge in [-0.3, -0.25) is 0 Å². The van der Waals surface area contributed by atoms with Gasteiger partial charge < -0.3 is 9.66 Å². The molecule has 1 unspecified atom stereocenters. The normalized spacial score (nSPS) is 14.5. The van der Waals surface area contributed by atoms with Crippen LogP contribution in [-0.2, 0) is 10.1 Å². The molecule has 0 aliphatic carbocycles. The van der Waals surface area contributed by atoms with Crippen LogP contribution in [0, 0.1) is 0 Å². The molecular weight excluding hydrogens is 299 g/mol. The van der Waals surface area contributed by atoms with E-state index in [-0.39, 0.29) is 29.6 Å². The molecule has 0 amide bonds. The van der Waals surface area contributed by atoms with E-state index in [9.17, 15) is 18.1 Å². The first-order valence-corrected chi connectivity index (χ1v) is 9.50. The third-order valence-corrected chi connectivity index (χ3v) is 4.53. The molecule has 0 radical (unpaired) electrons. The first-order chi connectivity index (χ1) is 9.27. The molecule has 6 heteroatoms. The molecule has 0 spiro atoms. The summed E-state index contributed by atoms with van der Waals surface area (Å²) in [6, 6.07) is 0. The maximum Gasteiger partial charge on any atom is 1.00 e. The summed E-state index contributed by atoms with van der Waals surface area (Å²) in [5.74, 6) is -0.683. The van der Waals surface area contributed by atoms with Gasteiger partial charge in [0.25, 0.3) is 0 Å². The minimum Gasteiger partial charge on any atom is -0.748 e. The van der Waals surface area contributed by atoms with Crippen LogP contribution in [0.2, 0.25) is 0 Å². The summed E-state index contributed by atoms with van der Waals surface area (Å²) < 4.78 is 31.8. The zero-order valence-corrected chi connectivity index (χ0v) is 16.9. The van der Waals surface area contributed by atoms with E-state index in [0.29, 0.717) is 6.42 Å². The topological polar surface area (TPSA) is 77.4 Å². The molecule has 4 nitrogen and oxygen atoms in total. The van der Waals surface area contributed by atoms with Gasteiger partial charge in [-0.15, -0.1) is 0 Å². The summed E-state index contributed by atoms with van der Waals surface area (Å²) in [6.45, 7) is 3.64. The van der Waals surface area contributed by atoms with Gasteiger partial charge in [0.1, 0.15) is 0 Å². The molecular formula is C15H31NaO4S. The number of rotatable bonds is 13. The van der Waals surface area contributed by atoms with E-state index in [0.717, 1.165) is 19.3 Å². The molecule has 0 fully saturated rings. The van der Waals surface area contributed by atoms with E-state index < -0.39 is 21.5 Å². The quantitative estimate of drug-likeness (QED) is 0.305. The summed E-state index contributed by atoms with van der Waals surface area (Å²) in [7, 11) is -4.34. The Morgan fingerprint density at radius 3 is 1.67 bits per heavy atom. The molecule has 21 heavy (non-hydrogen) atoms. The summed E-state index contributed by atoms with van der Waals surface area (Å²) in [6.07, 6.45) is 12.3. The maximum atomic E-state index is 10.6. The third-order valence-electron chi connectivity index (χ3n) is 3.56. The Labute approximate surface area is 153 Å². The molecule has 0 bridgehead atoms. The minimum absolute atomic E-state index is 0. The van der Waals surface area contributed by atoms with Crippen LogP contribution in [0.25, 0.3) is 0 Å². The van der Waals surface area contributed by atoms with E-state index in [1.54, 1.807) is 0 Å². The van der Waals surface area contributed by atoms with Gasteiger partial charge in [-0.1, -0.05) is 71.1 Å². The predicted octanol–water partition coefficient (Wildman–Crippen LogP) is 0.598. The van der Waals surface area contributed by atoms with Gasteiger partial charge in [0.05, 0.1) is 21.5 Å². The van der Waals surface area contributed by atoms with E-state index in [1.807, 2.05) is 0 Å². The average molecular weight is 330 g/mol. The molecule has 0 aromatic rings. The van der Waals surface area contributed by atoms with Crippen molar-refractivity contribution in [2.24, 2.45) is 0 Å². The molecule has 0 heterocycles. The van der Waals surface area contributed by atoms with Crippen LogP contribution in [0.15, 0.2) is 0 Å². The van der Waals surface area contributed by atoms with Gasteiger partial charge in [0, 0.05) is 0 Å². The third kappa shape index (κ3) is 18.8. The van der Waals surface area contributed by atoms with E-state index in [4.69, 9.17) is 0 Å². The number of hydrogen-bond acceptors (Lipinski definition) is 4. The summed E-state index contributed by atoms with van der Waals surface area (Å²) in [5.41, 5.74) is -1.37. The smallest absolute Gasteiger partial charge is 0.748 e. The van der Waals surface area contributed by atoms with Crippen molar-refractivity contribution >= 4 is 10.1 Å². The Morgan fingerprint density at radius 2 is 1.29 bits per heavy atom. The second-order valence-corrected chi connectivity index (χ2v) is 7.53. The molecule has 0 aliphatic rings.